The maximum Gasteiger partial charge on any atom is 0.248 e. The fourth-order valence-electron chi connectivity index (χ4n) is 3.89. The van der Waals surface area contributed by atoms with Crippen molar-refractivity contribution in [3.05, 3.63) is 46.4 Å². The van der Waals surface area contributed by atoms with Crippen molar-refractivity contribution in [2.45, 2.75) is 65.0 Å². The number of fused-ring (bicyclic) bond motifs is 1. The number of aromatic nitrogens is 3. The molecule has 0 amide bonds. The summed E-state index contributed by atoms with van der Waals surface area (Å²) in [4.78, 5) is 23.7. The van der Waals surface area contributed by atoms with E-state index in [4.69, 9.17) is 5.73 Å². The lowest BCUT2D eigenvalue weighted by atomic mass is 9.95. The summed E-state index contributed by atoms with van der Waals surface area (Å²) in [6.45, 7) is 7.83. The SMILES string of the molecule is CCCCNCc1c[nH]c(=O)cc1-c1ccc2c(N[C@@](C)(CO)CCCC)nc(N)nc2c1. The third-order valence-electron chi connectivity index (χ3n) is 5.91. The van der Waals surface area contributed by atoms with E-state index in [0.29, 0.717) is 17.9 Å². The van der Waals surface area contributed by atoms with Gasteiger partial charge >= 0.3 is 0 Å². The highest BCUT2D eigenvalue weighted by atomic mass is 16.3. The van der Waals surface area contributed by atoms with Crippen LogP contribution in [-0.4, -0.2) is 38.7 Å². The summed E-state index contributed by atoms with van der Waals surface area (Å²) >= 11 is 0. The molecule has 0 aliphatic heterocycles. The van der Waals surface area contributed by atoms with E-state index in [2.05, 4.69) is 39.4 Å². The Kier molecular flexibility index (Phi) is 8.41. The molecule has 0 spiro atoms. The maximum atomic E-state index is 12.1. The zero-order chi connectivity index (χ0) is 23.8. The first-order valence-corrected chi connectivity index (χ1v) is 11.8. The maximum absolute atomic E-state index is 12.1. The van der Waals surface area contributed by atoms with Crippen molar-refractivity contribution in [2.75, 3.05) is 24.2 Å². The molecule has 6 N–H and O–H groups in total. The third kappa shape index (κ3) is 6.30. The Bertz CT molecular complexity index is 1130. The van der Waals surface area contributed by atoms with Crippen LogP contribution in [0.3, 0.4) is 0 Å². The van der Waals surface area contributed by atoms with Gasteiger partial charge in [-0.25, -0.2) is 4.98 Å². The van der Waals surface area contributed by atoms with Crippen molar-refractivity contribution in [3.63, 3.8) is 0 Å². The first-order chi connectivity index (χ1) is 15.9. The smallest absolute Gasteiger partial charge is 0.248 e. The van der Waals surface area contributed by atoms with Gasteiger partial charge in [0.1, 0.15) is 5.82 Å². The number of aliphatic hydroxyl groups is 1. The summed E-state index contributed by atoms with van der Waals surface area (Å²) in [6, 6.07) is 7.47. The topological polar surface area (TPSA) is 129 Å². The van der Waals surface area contributed by atoms with Gasteiger partial charge in [-0.1, -0.05) is 39.2 Å². The van der Waals surface area contributed by atoms with E-state index < -0.39 is 5.54 Å². The molecule has 0 saturated carbocycles. The molecule has 3 rings (SSSR count). The Labute approximate surface area is 195 Å². The number of rotatable bonds is 12. The van der Waals surface area contributed by atoms with Crippen molar-refractivity contribution in [3.8, 4) is 11.1 Å². The van der Waals surface area contributed by atoms with Gasteiger partial charge in [0.05, 0.1) is 17.7 Å². The van der Waals surface area contributed by atoms with Gasteiger partial charge in [0.2, 0.25) is 11.5 Å². The summed E-state index contributed by atoms with van der Waals surface area (Å²) in [6.07, 6.45) is 6.84. The minimum absolute atomic E-state index is 0.0162. The van der Waals surface area contributed by atoms with Gasteiger partial charge in [-0.3, -0.25) is 4.79 Å². The van der Waals surface area contributed by atoms with Gasteiger partial charge in [-0.2, -0.15) is 4.98 Å². The van der Waals surface area contributed by atoms with Crippen molar-refractivity contribution in [2.24, 2.45) is 0 Å². The summed E-state index contributed by atoms with van der Waals surface area (Å²) in [7, 11) is 0. The number of anilines is 2. The molecule has 0 aliphatic carbocycles. The largest absolute Gasteiger partial charge is 0.394 e. The number of nitrogens with zero attached hydrogens (tertiary/aromatic N) is 2. The molecule has 8 nitrogen and oxygen atoms in total. The zero-order valence-electron chi connectivity index (χ0n) is 19.9. The van der Waals surface area contributed by atoms with Crippen molar-refractivity contribution in [1.29, 1.82) is 0 Å². The van der Waals surface area contributed by atoms with Gasteiger partial charge in [-0.05, 0) is 55.1 Å². The van der Waals surface area contributed by atoms with Crippen molar-refractivity contribution in [1.82, 2.24) is 20.3 Å². The van der Waals surface area contributed by atoms with Crippen LogP contribution in [0.5, 0.6) is 0 Å². The number of unbranched alkanes of at least 4 members (excludes halogenated alkanes) is 2. The van der Waals surface area contributed by atoms with E-state index in [1.807, 2.05) is 25.1 Å². The van der Waals surface area contributed by atoms with E-state index in [1.165, 1.54) is 0 Å². The third-order valence-corrected chi connectivity index (χ3v) is 5.91. The highest BCUT2D eigenvalue weighted by molar-refractivity contribution is 5.93. The highest BCUT2D eigenvalue weighted by Crippen LogP contribution is 2.30. The van der Waals surface area contributed by atoms with E-state index in [9.17, 15) is 9.90 Å². The molecule has 33 heavy (non-hydrogen) atoms. The zero-order valence-corrected chi connectivity index (χ0v) is 19.9. The molecule has 8 heteroatoms. The second kappa shape index (κ2) is 11.2. The van der Waals surface area contributed by atoms with E-state index in [0.717, 1.165) is 60.7 Å². The van der Waals surface area contributed by atoms with Crippen LogP contribution in [-0.2, 0) is 6.54 Å². The van der Waals surface area contributed by atoms with Crippen LogP contribution < -0.4 is 21.9 Å². The highest BCUT2D eigenvalue weighted by Gasteiger charge is 2.24. The Hall–Kier alpha value is -2.97. The number of hydrogen-bond acceptors (Lipinski definition) is 7. The van der Waals surface area contributed by atoms with Gasteiger partial charge in [0.25, 0.3) is 0 Å². The number of aliphatic hydroxyl groups excluding tert-OH is 1. The van der Waals surface area contributed by atoms with Crippen LogP contribution >= 0.6 is 0 Å². The van der Waals surface area contributed by atoms with Crippen molar-refractivity contribution >= 4 is 22.7 Å². The lowest BCUT2D eigenvalue weighted by Gasteiger charge is -2.30. The van der Waals surface area contributed by atoms with Crippen molar-refractivity contribution < 1.29 is 5.11 Å². The molecule has 3 aromatic rings. The second-order valence-corrected chi connectivity index (χ2v) is 8.88. The van der Waals surface area contributed by atoms with Gasteiger partial charge in [-0.15, -0.1) is 0 Å². The summed E-state index contributed by atoms with van der Waals surface area (Å²) in [5.41, 5.74) is 8.82. The van der Waals surface area contributed by atoms with Crippen LogP contribution in [0.1, 0.15) is 58.4 Å². The van der Waals surface area contributed by atoms with E-state index >= 15 is 0 Å². The lowest BCUT2D eigenvalue weighted by molar-refractivity contribution is 0.212. The Morgan fingerprint density at radius 2 is 1.94 bits per heavy atom. The first-order valence-electron chi connectivity index (χ1n) is 11.8. The number of hydrogen-bond donors (Lipinski definition) is 5. The number of nitrogens with one attached hydrogen (secondary N) is 3. The van der Waals surface area contributed by atoms with Crippen LogP contribution in [0.15, 0.2) is 35.3 Å². The molecular weight excluding hydrogens is 416 g/mol. The Morgan fingerprint density at radius 3 is 2.67 bits per heavy atom. The first kappa shape index (κ1) is 24.7. The molecule has 0 saturated heterocycles. The van der Waals surface area contributed by atoms with E-state index in [1.54, 1.807) is 12.3 Å². The van der Waals surface area contributed by atoms with Crippen LogP contribution in [0, 0.1) is 0 Å². The average molecular weight is 453 g/mol. The van der Waals surface area contributed by atoms with Crippen LogP contribution in [0.25, 0.3) is 22.0 Å². The minimum Gasteiger partial charge on any atom is -0.394 e. The predicted octanol–water partition coefficient (Wildman–Crippen LogP) is 3.81. The molecule has 0 radical (unpaired) electrons. The number of benzene rings is 1. The van der Waals surface area contributed by atoms with Crippen LogP contribution in [0.2, 0.25) is 0 Å². The quantitative estimate of drug-likeness (QED) is 0.264. The number of H-pyrrole nitrogens is 1. The molecule has 0 aliphatic rings. The summed E-state index contributed by atoms with van der Waals surface area (Å²) in [5, 5.41) is 17.6. The Balaban J connectivity index is 1.98. The second-order valence-electron chi connectivity index (χ2n) is 8.88. The average Bonchev–Trinajstić information content (AvgIpc) is 2.80. The van der Waals surface area contributed by atoms with Gasteiger partial charge in [0, 0.05) is 24.2 Å². The van der Waals surface area contributed by atoms with Gasteiger partial charge in [0.15, 0.2) is 0 Å². The molecule has 2 aromatic heterocycles. The Morgan fingerprint density at radius 1 is 1.15 bits per heavy atom. The monoisotopic (exact) mass is 452 g/mol. The molecule has 1 atom stereocenters. The predicted molar refractivity (Wildman–Crippen MR) is 135 cm³/mol. The fraction of sp³-hybridized carbons (Fsp3) is 0.480. The molecular formula is C25H36N6O2. The molecule has 2 heterocycles. The number of nitrogens with two attached hydrogens (primary N) is 1. The molecule has 0 fully saturated rings. The van der Waals surface area contributed by atoms with E-state index in [-0.39, 0.29) is 18.1 Å². The summed E-state index contributed by atoms with van der Waals surface area (Å²) < 4.78 is 0. The number of nitrogen functional groups attached to an aromatic ring is 1. The lowest BCUT2D eigenvalue weighted by Crippen LogP contribution is -2.39. The summed E-state index contributed by atoms with van der Waals surface area (Å²) in [5.74, 6) is 0.759. The van der Waals surface area contributed by atoms with Gasteiger partial charge < -0.3 is 26.5 Å². The molecule has 178 valence electrons. The molecule has 0 unspecified atom stereocenters. The molecule has 0 bridgehead atoms. The number of aromatic amines is 1. The fourth-order valence-corrected chi connectivity index (χ4v) is 3.89. The normalized spacial score (nSPS) is 13.2. The minimum atomic E-state index is -0.507. The number of pyridine rings is 1. The van der Waals surface area contributed by atoms with Crippen LogP contribution in [0.4, 0.5) is 11.8 Å². The molecule has 1 aromatic carbocycles. The standard InChI is InChI=1S/C25H36N6O2/c1-4-6-10-25(3,16-32)31-23-19-9-8-17(12-21(19)29-24(26)30-23)20-13-22(33)28-15-18(20)14-27-11-7-5-2/h8-9,12-13,15,27,32H,4-7,10-11,14,16H2,1-3H3,(H,28,33)(H3,26,29,30,31)/t25-/m1/s1.